The molecular formula is C14H18ClFO2S. The molecule has 1 fully saturated rings. The van der Waals surface area contributed by atoms with Crippen LogP contribution in [0.4, 0.5) is 4.39 Å². The van der Waals surface area contributed by atoms with Crippen LogP contribution < -0.4 is 0 Å². The maximum Gasteiger partial charge on any atom is 0.212 e. The van der Waals surface area contributed by atoms with Crippen molar-refractivity contribution in [2.75, 3.05) is 0 Å². The van der Waals surface area contributed by atoms with Gasteiger partial charge in [0.15, 0.2) is 0 Å². The van der Waals surface area contributed by atoms with Crippen molar-refractivity contribution in [3.63, 3.8) is 0 Å². The predicted octanol–water partition coefficient (Wildman–Crippen LogP) is 3.17. The number of hydrogen-bond donors (Lipinski definition) is 1. The molecule has 0 amide bonds. The van der Waals surface area contributed by atoms with E-state index < -0.39 is 33.2 Å². The molecule has 1 aromatic carbocycles. The van der Waals surface area contributed by atoms with Gasteiger partial charge in [-0.05, 0) is 31.9 Å². The average molecular weight is 305 g/mol. The first-order valence-electron chi connectivity index (χ1n) is 6.37. The van der Waals surface area contributed by atoms with Crippen LogP contribution in [-0.4, -0.2) is 25.8 Å². The Labute approximate surface area is 120 Å². The first-order chi connectivity index (χ1) is 8.84. The second kappa shape index (κ2) is 5.51. The average Bonchev–Trinajstić information content (AvgIpc) is 2.37. The summed E-state index contributed by atoms with van der Waals surface area (Å²) < 4.78 is 26.7. The van der Waals surface area contributed by atoms with Crippen LogP contribution in [0.15, 0.2) is 29.2 Å². The number of aliphatic hydroxyl groups excluding tert-OH is 1. The molecule has 2 rings (SSSR count). The number of aliphatic hydroxyl groups is 1. The molecule has 5 atom stereocenters. The normalized spacial score (nSPS) is 37.0. The van der Waals surface area contributed by atoms with E-state index in [0.29, 0.717) is 17.7 Å². The van der Waals surface area contributed by atoms with Crippen molar-refractivity contribution in [3.8, 4) is 0 Å². The molecule has 0 saturated heterocycles. The quantitative estimate of drug-likeness (QED) is 0.852. The van der Waals surface area contributed by atoms with Crippen LogP contribution in [0.25, 0.3) is 0 Å². The zero-order valence-corrected chi connectivity index (χ0v) is 12.5. The van der Waals surface area contributed by atoms with Gasteiger partial charge >= 0.3 is 0 Å². The van der Waals surface area contributed by atoms with Crippen molar-refractivity contribution >= 4 is 22.4 Å². The van der Waals surface area contributed by atoms with E-state index in [1.807, 2.05) is 19.1 Å². The van der Waals surface area contributed by atoms with Gasteiger partial charge in [0, 0.05) is 10.8 Å². The molecular weight excluding hydrogens is 287 g/mol. The number of alkyl halides is 2. The summed E-state index contributed by atoms with van der Waals surface area (Å²) in [6, 6.07) is 7.22. The van der Waals surface area contributed by atoms with E-state index in [1.165, 1.54) is 0 Å². The molecule has 0 unspecified atom stereocenters. The number of aryl methyl sites for hydroxylation is 1. The lowest BCUT2D eigenvalue weighted by molar-refractivity contribution is -0.0125. The molecule has 0 spiro atoms. The van der Waals surface area contributed by atoms with Gasteiger partial charge in [0.05, 0.1) is 16.0 Å². The number of benzene rings is 1. The van der Waals surface area contributed by atoms with E-state index in [0.717, 1.165) is 5.56 Å². The molecule has 2 nitrogen and oxygen atoms in total. The van der Waals surface area contributed by atoms with Crippen LogP contribution in [-0.2, 0) is 10.8 Å². The molecule has 0 heterocycles. The Morgan fingerprint density at radius 2 is 1.95 bits per heavy atom. The fraction of sp³-hybridized carbons (Fsp3) is 0.571. The molecule has 0 bridgehead atoms. The van der Waals surface area contributed by atoms with Gasteiger partial charge in [0.25, 0.3) is 0 Å². The zero-order chi connectivity index (χ0) is 14.2. The smallest absolute Gasteiger partial charge is 0.212 e. The Kier molecular flexibility index (Phi) is 4.33. The van der Waals surface area contributed by atoms with Gasteiger partial charge < -0.3 is 5.11 Å². The summed E-state index contributed by atoms with van der Waals surface area (Å²) in [6.45, 7) is 3.61. The standard InChI is InChI=1S/C14H18ClFO2S/c1-9-3-6-11(7-4-9)19(18)12-8-5-10(2)14(15,16)13(12)17/h3-4,6-7,10,12-13,17H,5,8H2,1-2H3/t10-,12+,13-,14-,19+/m1/s1. The fourth-order valence-corrected chi connectivity index (χ4v) is 4.25. The van der Waals surface area contributed by atoms with Crippen LogP contribution in [0.5, 0.6) is 0 Å². The third kappa shape index (κ3) is 2.86. The first kappa shape index (κ1) is 14.9. The van der Waals surface area contributed by atoms with Gasteiger partial charge in [-0.25, -0.2) is 4.39 Å². The molecule has 1 saturated carbocycles. The Hall–Kier alpha value is -0.450. The minimum absolute atomic E-state index is 0.435. The highest BCUT2D eigenvalue weighted by Gasteiger charge is 2.50. The Balaban J connectivity index is 2.22. The monoisotopic (exact) mass is 304 g/mol. The molecule has 106 valence electrons. The van der Waals surface area contributed by atoms with Crippen molar-refractivity contribution in [3.05, 3.63) is 29.8 Å². The molecule has 0 radical (unpaired) electrons. The van der Waals surface area contributed by atoms with Crippen molar-refractivity contribution in [2.24, 2.45) is 5.92 Å². The van der Waals surface area contributed by atoms with Gasteiger partial charge in [-0.15, -0.1) is 0 Å². The van der Waals surface area contributed by atoms with Gasteiger partial charge in [0.1, 0.15) is 6.10 Å². The van der Waals surface area contributed by atoms with E-state index in [-0.39, 0.29) is 0 Å². The maximum absolute atomic E-state index is 14.2. The SMILES string of the molecule is Cc1ccc([S@](=O)[C@H]2CC[C@@H](C)[C@](F)(Cl)[C@@H]2O)cc1. The lowest BCUT2D eigenvalue weighted by atomic mass is 9.86. The van der Waals surface area contributed by atoms with Crippen LogP contribution in [0, 0.1) is 12.8 Å². The lowest BCUT2D eigenvalue weighted by Crippen LogP contribution is -2.51. The summed E-state index contributed by atoms with van der Waals surface area (Å²) in [7, 11) is -1.44. The summed E-state index contributed by atoms with van der Waals surface area (Å²) in [6.07, 6.45) is -0.361. The Morgan fingerprint density at radius 3 is 2.53 bits per heavy atom. The van der Waals surface area contributed by atoms with Crippen molar-refractivity contribution in [1.82, 2.24) is 0 Å². The zero-order valence-electron chi connectivity index (χ0n) is 11.0. The molecule has 1 aliphatic carbocycles. The van der Waals surface area contributed by atoms with Crippen LogP contribution in [0.2, 0.25) is 0 Å². The van der Waals surface area contributed by atoms with Gasteiger partial charge in [-0.3, -0.25) is 4.21 Å². The highest BCUT2D eigenvalue weighted by molar-refractivity contribution is 7.85. The third-order valence-corrected chi connectivity index (χ3v) is 6.19. The number of rotatable bonds is 2. The minimum Gasteiger partial charge on any atom is -0.387 e. The number of hydrogen-bond acceptors (Lipinski definition) is 2. The summed E-state index contributed by atoms with van der Waals surface area (Å²) in [4.78, 5) is 0.608. The Morgan fingerprint density at radius 1 is 1.37 bits per heavy atom. The molecule has 1 N–H and O–H groups in total. The highest BCUT2D eigenvalue weighted by Crippen LogP contribution is 2.42. The second-order valence-electron chi connectivity index (χ2n) is 5.25. The molecule has 19 heavy (non-hydrogen) atoms. The van der Waals surface area contributed by atoms with Crippen LogP contribution in [0.3, 0.4) is 0 Å². The molecule has 5 heteroatoms. The fourth-order valence-electron chi connectivity index (χ4n) is 2.38. The van der Waals surface area contributed by atoms with E-state index in [2.05, 4.69) is 0 Å². The summed E-state index contributed by atoms with van der Waals surface area (Å²) >= 11 is 5.77. The molecule has 1 aliphatic rings. The van der Waals surface area contributed by atoms with Crippen LogP contribution in [0.1, 0.15) is 25.3 Å². The number of halogens is 2. The van der Waals surface area contributed by atoms with Crippen molar-refractivity contribution < 1.29 is 13.7 Å². The van der Waals surface area contributed by atoms with Gasteiger partial charge in [-0.2, -0.15) is 0 Å². The van der Waals surface area contributed by atoms with E-state index in [1.54, 1.807) is 19.1 Å². The molecule has 1 aromatic rings. The summed E-state index contributed by atoms with van der Waals surface area (Å²) in [5.41, 5.74) is 1.07. The van der Waals surface area contributed by atoms with E-state index >= 15 is 0 Å². The largest absolute Gasteiger partial charge is 0.387 e. The van der Waals surface area contributed by atoms with E-state index in [4.69, 9.17) is 11.6 Å². The molecule has 0 aromatic heterocycles. The predicted molar refractivity (Wildman–Crippen MR) is 75.5 cm³/mol. The topological polar surface area (TPSA) is 37.3 Å². The second-order valence-corrected chi connectivity index (χ2v) is 7.50. The van der Waals surface area contributed by atoms with Crippen molar-refractivity contribution in [1.29, 1.82) is 0 Å². The van der Waals surface area contributed by atoms with Gasteiger partial charge in [0.2, 0.25) is 5.13 Å². The summed E-state index contributed by atoms with van der Waals surface area (Å²) in [5.74, 6) is -0.435. The minimum atomic E-state index is -2.19. The summed E-state index contributed by atoms with van der Waals surface area (Å²) in [5, 5.41) is 7.21. The molecule has 0 aliphatic heterocycles. The van der Waals surface area contributed by atoms with Crippen molar-refractivity contribution in [2.45, 2.75) is 48.1 Å². The first-order valence-corrected chi connectivity index (χ1v) is 7.96. The van der Waals surface area contributed by atoms with E-state index in [9.17, 15) is 13.7 Å². The maximum atomic E-state index is 14.2. The van der Waals surface area contributed by atoms with Crippen LogP contribution >= 0.6 is 11.6 Å². The van der Waals surface area contributed by atoms with Gasteiger partial charge in [-0.1, -0.05) is 36.2 Å². The highest BCUT2D eigenvalue weighted by atomic mass is 35.5. The Bertz CT molecular complexity index is 475. The third-order valence-electron chi connectivity index (χ3n) is 3.82. The lowest BCUT2D eigenvalue weighted by Gasteiger charge is -2.39.